The van der Waals surface area contributed by atoms with Gasteiger partial charge in [-0.05, 0) is 70.2 Å². The molecule has 0 aliphatic carbocycles. The molecule has 1 saturated heterocycles. The molecule has 6 aromatic rings. The number of aryl methyl sites for hydroxylation is 4. The molecule has 5 heterocycles. The van der Waals surface area contributed by atoms with Crippen LogP contribution in [-0.2, 0) is 37.3 Å². The van der Waals surface area contributed by atoms with Crippen LogP contribution in [0.3, 0.4) is 0 Å². The van der Waals surface area contributed by atoms with Crippen molar-refractivity contribution in [2.24, 2.45) is 11.5 Å². The number of piperazine rings is 1. The van der Waals surface area contributed by atoms with Crippen LogP contribution in [0.4, 0.5) is 5.95 Å². The summed E-state index contributed by atoms with van der Waals surface area (Å²) in [6.07, 6.45) is 7.55. The lowest BCUT2D eigenvalue weighted by Crippen LogP contribution is -2.48. The third-order valence-corrected chi connectivity index (χ3v) is 13.3. The highest BCUT2D eigenvalue weighted by Crippen LogP contribution is 2.33. The predicted octanol–water partition coefficient (Wildman–Crippen LogP) is 5.42. The summed E-state index contributed by atoms with van der Waals surface area (Å²) in [6.45, 7) is 14.4. The van der Waals surface area contributed by atoms with Gasteiger partial charge in [-0.15, -0.1) is 23.1 Å². The lowest BCUT2D eigenvalue weighted by Gasteiger charge is -2.34. The van der Waals surface area contributed by atoms with Crippen LogP contribution in [0.2, 0.25) is 0 Å². The highest BCUT2D eigenvalue weighted by molar-refractivity contribution is 7.98. The minimum absolute atomic E-state index is 0.00463. The number of allylic oxidation sites excluding steroid dienone is 2. The Morgan fingerprint density at radius 3 is 2.20 bits per heavy atom. The summed E-state index contributed by atoms with van der Waals surface area (Å²) in [5.41, 5.74) is 16.1. The average molecular weight is 937 g/mol. The van der Waals surface area contributed by atoms with Crippen LogP contribution < -0.4 is 21.5 Å². The molecule has 20 heteroatoms. The summed E-state index contributed by atoms with van der Waals surface area (Å²) >= 11 is 2.81. The van der Waals surface area contributed by atoms with Gasteiger partial charge in [0.25, 0.3) is 5.91 Å². The Bertz CT molecular complexity index is 2850. The number of rotatable bonds is 20. The number of nitrogens with two attached hydrogens (primary N) is 2. The highest BCUT2D eigenvalue weighted by atomic mass is 32.2. The maximum absolute atomic E-state index is 13.9. The molecule has 5 N–H and O–H groups in total. The first kappa shape index (κ1) is 47.6. The largest absolute Gasteiger partial charge is 0.491 e. The number of nitrogens with zero attached hydrogens (tertiary/aromatic N) is 9. The van der Waals surface area contributed by atoms with E-state index in [1.807, 2.05) is 67.1 Å². The summed E-state index contributed by atoms with van der Waals surface area (Å²) in [4.78, 5) is 84.8. The first-order chi connectivity index (χ1) is 31.7. The molecule has 1 aliphatic heterocycles. The molecule has 7 rings (SSSR count). The van der Waals surface area contributed by atoms with Gasteiger partial charge >= 0.3 is 0 Å². The number of aromatic nitrogens is 7. The van der Waals surface area contributed by atoms with Crippen LogP contribution in [0.1, 0.15) is 96.7 Å². The number of hydrogen-bond donors (Lipinski definition) is 3. The second kappa shape index (κ2) is 20.8. The van der Waals surface area contributed by atoms with Crippen molar-refractivity contribution in [1.82, 2.24) is 43.7 Å². The molecule has 0 unspecified atom stereocenters. The maximum atomic E-state index is 13.9. The van der Waals surface area contributed by atoms with Gasteiger partial charge in [0.1, 0.15) is 22.8 Å². The van der Waals surface area contributed by atoms with Crippen molar-refractivity contribution in [3.63, 3.8) is 0 Å². The van der Waals surface area contributed by atoms with Gasteiger partial charge in [-0.25, -0.2) is 15.0 Å². The molecule has 0 saturated carbocycles. The van der Waals surface area contributed by atoms with Crippen LogP contribution in [0.25, 0.3) is 22.1 Å². The molecule has 66 heavy (non-hydrogen) atoms. The van der Waals surface area contributed by atoms with E-state index in [1.54, 1.807) is 35.0 Å². The fourth-order valence-corrected chi connectivity index (χ4v) is 9.82. The zero-order chi connectivity index (χ0) is 47.2. The van der Waals surface area contributed by atoms with Crippen LogP contribution >= 0.6 is 23.1 Å². The molecular formula is C46H56N12O6S2. The van der Waals surface area contributed by atoms with Crippen molar-refractivity contribution in [2.75, 3.05) is 50.9 Å². The second-order valence-electron chi connectivity index (χ2n) is 16.0. The summed E-state index contributed by atoms with van der Waals surface area (Å²) in [5.74, 6) is -0.501. The number of anilines is 1. The van der Waals surface area contributed by atoms with Crippen LogP contribution in [0.15, 0.2) is 47.4 Å². The normalized spacial score (nSPS) is 13.3. The van der Waals surface area contributed by atoms with E-state index in [1.165, 1.54) is 23.1 Å². The van der Waals surface area contributed by atoms with E-state index in [0.717, 1.165) is 40.7 Å². The number of nitrogens with one attached hydrogen (secondary N) is 1. The molecule has 0 atom stereocenters. The van der Waals surface area contributed by atoms with Crippen molar-refractivity contribution < 1.29 is 28.7 Å². The van der Waals surface area contributed by atoms with E-state index in [2.05, 4.69) is 20.3 Å². The Labute approximate surface area is 390 Å². The number of primary amides is 2. The summed E-state index contributed by atoms with van der Waals surface area (Å²) in [5, 5.41) is 8.24. The third kappa shape index (κ3) is 10.3. The highest BCUT2D eigenvalue weighted by Gasteiger charge is 2.25. The standard InChI is InChI=1S/C46H56N12O6S2/c1-7-31-42(66-28(5)49-31)35(59)26-38-50-33-23-30(44(48)62)25-37(65-6)41(33)56(38)14-10-11-15-57-40-32(51-46(57)52-45(63)34-21-27(4)53-58(34)9-3)22-29(43(47)61)24-36(40)64-20-12-13-54-16-18-55(19-17-54)39(60)8-2/h10-11,21-25H,7-9,12-20,26H2,1-6H3,(H2,47,61)(H2,48,62)(H,51,52,63)/b11-10+. The van der Waals surface area contributed by atoms with Gasteiger partial charge in [0, 0.05) is 74.8 Å². The molecule has 18 nitrogen and oxygen atoms in total. The molecule has 2 aromatic carbocycles. The van der Waals surface area contributed by atoms with Gasteiger partial charge in [0.05, 0.1) is 50.9 Å². The van der Waals surface area contributed by atoms with Gasteiger partial charge in [-0.3, -0.25) is 38.9 Å². The number of thioether (sulfide) groups is 1. The predicted molar refractivity (Wildman–Crippen MR) is 256 cm³/mol. The average Bonchev–Trinajstić information content (AvgIpc) is 4.07. The van der Waals surface area contributed by atoms with Gasteiger partial charge < -0.3 is 30.2 Å². The van der Waals surface area contributed by atoms with Crippen molar-refractivity contribution in [1.29, 1.82) is 0 Å². The lowest BCUT2D eigenvalue weighted by molar-refractivity contribution is -0.132. The van der Waals surface area contributed by atoms with E-state index >= 15 is 0 Å². The van der Waals surface area contributed by atoms with Crippen LogP contribution in [-0.4, -0.2) is 119 Å². The minimum Gasteiger partial charge on any atom is -0.491 e. The lowest BCUT2D eigenvalue weighted by atomic mass is 10.1. The Hall–Kier alpha value is -6.38. The van der Waals surface area contributed by atoms with E-state index in [4.69, 9.17) is 26.2 Å². The molecule has 0 radical (unpaired) electrons. The van der Waals surface area contributed by atoms with Gasteiger partial charge in [0.2, 0.25) is 23.7 Å². The Morgan fingerprint density at radius 2 is 1.55 bits per heavy atom. The monoisotopic (exact) mass is 936 g/mol. The maximum Gasteiger partial charge on any atom is 0.276 e. The first-order valence-electron chi connectivity index (χ1n) is 22.1. The molecule has 0 spiro atoms. The number of carbonyl (C=O) groups is 5. The fourth-order valence-electron chi connectivity index (χ4n) is 8.22. The van der Waals surface area contributed by atoms with Gasteiger partial charge in [-0.2, -0.15) is 5.10 Å². The van der Waals surface area contributed by atoms with Crippen LogP contribution in [0.5, 0.6) is 5.75 Å². The Morgan fingerprint density at radius 1 is 0.864 bits per heavy atom. The smallest absolute Gasteiger partial charge is 0.276 e. The zero-order valence-electron chi connectivity index (χ0n) is 38.2. The van der Waals surface area contributed by atoms with Gasteiger partial charge in [0.15, 0.2) is 5.78 Å². The summed E-state index contributed by atoms with van der Waals surface area (Å²) in [7, 11) is 0. The molecular weight excluding hydrogens is 881 g/mol. The number of benzene rings is 2. The second-order valence-corrected chi connectivity index (χ2v) is 18.0. The van der Waals surface area contributed by atoms with E-state index < -0.39 is 17.7 Å². The zero-order valence-corrected chi connectivity index (χ0v) is 39.8. The number of thiazole rings is 1. The molecule has 1 aliphatic rings. The van der Waals surface area contributed by atoms with Crippen LogP contribution in [0, 0.1) is 13.8 Å². The number of Topliss-reactive ketones (excluding diaryl/α,β-unsaturated/α-hetero) is 1. The van der Waals surface area contributed by atoms with Crippen molar-refractivity contribution >= 4 is 80.5 Å². The SMILES string of the molecule is CCC(=O)N1CCN(CCCOc2cc(C(N)=O)cc3nc(NC(=O)c4cc(C)nn4CC)n(C/C=C/Cn4c(CC(=O)c5sc(C)nc5CC)nc5cc(C(N)=O)cc(SC)c54)c23)CC1. The topological polar surface area (TPSA) is 231 Å². The molecule has 4 amide bonds. The van der Waals surface area contributed by atoms with Crippen molar-refractivity contribution in [2.45, 2.75) is 84.8 Å². The first-order valence-corrected chi connectivity index (χ1v) is 24.1. The third-order valence-electron chi connectivity index (χ3n) is 11.5. The van der Waals surface area contributed by atoms with Crippen molar-refractivity contribution in [3.8, 4) is 5.75 Å². The van der Waals surface area contributed by atoms with E-state index in [9.17, 15) is 24.0 Å². The fraction of sp³-hybridized carbons (Fsp3) is 0.413. The van der Waals surface area contributed by atoms with Crippen molar-refractivity contribution in [3.05, 3.63) is 86.4 Å². The van der Waals surface area contributed by atoms with Gasteiger partial charge in [-0.1, -0.05) is 26.0 Å². The summed E-state index contributed by atoms with van der Waals surface area (Å²) in [6, 6.07) is 8.27. The van der Waals surface area contributed by atoms with E-state index in [-0.39, 0.29) is 36.2 Å². The Kier molecular flexibility index (Phi) is 15.0. The minimum atomic E-state index is -0.658. The Balaban J connectivity index is 1.22. The number of fused-ring (bicyclic) bond motifs is 2. The molecule has 0 bridgehead atoms. The number of ether oxygens (including phenoxy) is 1. The molecule has 348 valence electrons. The number of carbonyl (C=O) groups excluding carboxylic acids is 5. The quantitative estimate of drug-likeness (QED) is 0.0377. The summed E-state index contributed by atoms with van der Waals surface area (Å²) < 4.78 is 11.8. The number of ketones is 1. The molecule has 4 aromatic heterocycles. The number of imidazole rings is 2. The molecule has 1 fully saturated rings. The number of hydrogen-bond acceptors (Lipinski definition) is 13. The number of amides is 4. The van der Waals surface area contributed by atoms with E-state index in [0.29, 0.717) is 102 Å².